The van der Waals surface area contributed by atoms with Crippen molar-refractivity contribution in [2.24, 2.45) is 0 Å². The number of hydrogen-bond acceptors (Lipinski definition) is 5. The van der Waals surface area contributed by atoms with Crippen molar-refractivity contribution < 1.29 is 17.0 Å². The van der Waals surface area contributed by atoms with Gasteiger partial charge in [0.1, 0.15) is 33.6 Å². The molecule has 6 nitrogen and oxygen atoms in total. The summed E-state index contributed by atoms with van der Waals surface area (Å²) in [6.07, 6.45) is 8.31. The summed E-state index contributed by atoms with van der Waals surface area (Å²) in [5.74, 6) is -0.746. The molecule has 0 fully saturated rings. The first-order valence-electron chi connectivity index (χ1n) is 10.9. The molecule has 0 saturated heterocycles. The summed E-state index contributed by atoms with van der Waals surface area (Å²) in [6, 6.07) is 7.24. The molecule has 1 aliphatic carbocycles. The van der Waals surface area contributed by atoms with Crippen molar-refractivity contribution in [3.05, 3.63) is 63.7 Å². The lowest BCUT2D eigenvalue weighted by molar-refractivity contribution is 0.218. The first-order valence-corrected chi connectivity index (χ1v) is 14.8. The molecular weight excluding hydrogens is 495 g/mol. The van der Waals surface area contributed by atoms with Crippen LogP contribution in [0.5, 0.6) is 0 Å². The number of pyridine rings is 1. The molecule has 0 bridgehead atoms. The van der Waals surface area contributed by atoms with Crippen molar-refractivity contribution in [3.63, 3.8) is 0 Å². The number of aromatic amines is 1. The molecular formula is C24H28FN2O4S3+. The van der Waals surface area contributed by atoms with Gasteiger partial charge in [0.25, 0.3) is 15.6 Å². The number of H-pyrrole nitrogens is 1. The molecule has 0 spiro atoms. The lowest BCUT2D eigenvalue weighted by Crippen LogP contribution is -2.33. The lowest BCUT2D eigenvalue weighted by Gasteiger charge is -2.23. The van der Waals surface area contributed by atoms with E-state index in [1.54, 1.807) is 12.1 Å². The molecule has 3 aromatic rings. The maximum Gasteiger partial charge on any atom is 0.271 e. The molecule has 10 heteroatoms. The van der Waals surface area contributed by atoms with Crippen LogP contribution in [0.25, 0.3) is 16.3 Å². The average molecular weight is 524 g/mol. The zero-order valence-electron chi connectivity index (χ0n) is 19.5. The predicted octanol–water partition coefficient (Wildman–Crippen LogP) is 5.44. The third-order valence-corrected chi connectivity index (χ3v) is 11.1. The summed E-state index contributed by atoms with van der Waals surface area (Å²) in [6.45, 7) is 6.51. The molecule has 0 aliphatic heterocycles. The number of allylic oxidation sites excluding steroid dienone is 1. The Hall–Kier alpha value is -2.14. The summed E-state index contributed by atoms with van der Waals surface area (Å²) in [7, 11) is -4.01. The van der Waals surface area contributed by atoms with Gasteiger partial charge in [-0.3, -0.25) is 9.52 Å². The fourth-order valence-corrected chi connectivity index (χ4v) is 6.89. The van der Waals surface area contributed by atoms with Gasteiger partial charge in [0, 0.05) is 16.5 Å². The second kappa shape index (κ2) is 9.49. The Morgan fingerprint density at radius 3 is 2.68 bits per heavy atom. The van der Waals surface area contributed by atoms with E-state index in [0.29, 0.717) is 5.39 Å². The molecule has 4 rings (SSSR count). The molecule has 1 aliphatic rings. The number of aromatic nitrogens is 1. The predicted molar refractivity (Wildman–Crippen MR) is 139 cm³/mol. The lowest BCUT2D eigenvalue weighted by atomic mass is 9.96. The molecule has 34 heavy (non-hydrogen) atoms. The van der Waals surface area contributed by atoms with Gasteiger partial charge in [-0.2, -0.15) is 4.18 Å². The van der Waals surface area contributed by atoms with Crippen LogP contribution in [-0.2, 0) is 25.4 Å². The van der Waals surface area contributed by atoms with E-state index >= 15 is 0 Å². The first-order chi connectivity index (χ1) is 15.9. The van der Waals surface area contributed by atoms with Crippen LogP contribution in [-0.4, -0.2) is 30.5 Å². The van der Waals surface area contributed by atoms with Gasteiger partial charge in [0.2, 0.25) is 0 Å². The van der Waals surface area contributed by atoms with Crippen LogP contribution in [0.3, 0.4) is 0 Å². The van der Waals surface area contributed by atoms with E-state index < -0.39 is 21.4 Å². The van der Waals surface area contributed by atoms with Crippen molar-refractivity contribution >= 4 is 54.6 Å². The number of thiophene rings is 1. The van der Waals surface area contributed by atoms with Gasteiger partial charge in [-0.25, -0.2) is 12.8 Å². The second-order valence-corrected chi connectivity index (χ2v) is 14.6. The van der Waals surface area contributed by atoms with Gasteiger partial charge in [-0.15, -0.1) is 11.3 Å². The maximum absolute atomic E-state index is 14.5. The highest BCUT2D eigenvalue weighted by molar-refractivity contribution is 7.94. The van der Waals surface area contributed by atoms with Crippen LogP contribution in [0.15, 0.2) is 51.6 Å². The minimum Gasteiger partial charge on any atom is -0.329 e. The Morgan fingerprint density at radius 2 is 2.00 bits per heavy atom. The van der Waals surface area contributed by atoms with E-state index in [-0.39, 0.29) is 37.3 Å². The van der Waals surface area contributed by atoms with Crippen LogP contribution in [0, 0.1) is 5.82 Å². The van der Waals surface area contributed by atoms with Crippen molar-refractivity contribution in [2.75, 3.05) is 11.0 Å². The molecule has 0 radical (unpaired) electrons. The SMILES string of the molecule is C[S+](OC1CC=C(c2ccc(S(=O)(=O)Nc3cc4c(=O)[nH]ccc4cc3F)s2)CC1)C(C)(C)C. The Labute approximate surface area is 205 Å². The minimum absolute atomic E-state index is 0.0890. The van der Waals surface area contributed by atoms with Gasteiger partial charge in [0.15, 0.2) is 4.75 Å². The molecule has 2 N–H and O–H groups in total. The number of benzene rings is 1. The van der Waals surface area contributed by atoms with Crippen LogP contribution in [0.1, 0.15) is 44.9 Å². The summed E-state index contributed by atoms with van der Waals surface area (Å²) >= 11 is 1.00. The van der Waals surface area contributed by atoms with Crippen LogP contribution in [0.4, 0.5) is 10.1 Å². The Balaban J connectivity index is 1.50. The number of nitrogens with one attached hydrogen (secondary N) is 2. The van der Waals surface area contributed by atoms with Gasteiger partial charge >= 0.3 is 0 Å². The monoisotopic (exact) mass is 523 g/mol. The number of halogens is 1. The van der Waals surface area contributed by atoms with Crippen molar-refractivity contribution in [2.45, 2.75) is 55.1 Å². The summed E-state index contributed by atoms with van der Waals surface area (Å²) in [5.41, 5.74) is 0.423. The highest BCUT2D eigenvalue weighted by Gasteiger charge is 2.35. The third kappa shape index (κ3) is 5.40. The maximum atomic E-state index is 14.5. The van der Waals surface area contributed by atoms with Crippen molar-refractivity contribution in [1.82, 2.24) is 4.98 Å². The van der Waals surface area contributed by atoms with Crippen LogP contribution < -0.4 is 10.3 Å². The van der Waals surface area contributed by atoms with Crippen LogP contribution >= 0.6 is 11.3 Å². The molecule has 0 amide bonds. The van der Waals surface area contributed by atoms with E-state index in [4.69, 9.17) is 4.18 Å². The highest BCUT2D eigenvalue weighted by Crippen LogP contribution is 2.36. The Bertz CT molecular complexity index is 1400. The van der Waals surface area contributed by atoms with Crippen LogP contribution in [0.2, 0.25) is 0 Å². The summed E-state index contributed by atoms with van der Waals surface area (Å²) < 4.78 is 49.2. The van der Waals surface area contributed by atoms with Crippen molar-refractivity contribution in [1.29, 1.82) is 0 Å². The summed E-state index contributed by atoms with van der Waals surface area (Å²) in [4.78, 5) is 15.4. The second-order valence-electron chi connectivity index (χ2n) is 9.24. The fourth-order valence-electron chi connectivity index (χ4n) is 3.59. The number of hydrogen-bond donors (Lipinski definition) is 2. The van der Waals surface area contributed by atoms with E-state index in [9.17, 15) is 17.6 Å². The number of anilines is 1. The number of rotatable bonds is 6. The Morgan fingerprint density at radius 1 is 1.24 bits per heavy atom. The van der Waals surface area contributed by atoms with Gasteiger partial charge < -0.3 is 4.98 Å². The van der Waals surface area contributed by atoms with E-state index in [0.717, 1.165) is 47.1 Å². The van der Waals surface area contributed by atoms with Gasteiger partial charge in [0.05, 0.1) is 5.69 Å². The van der Waals surface area contributed by atoms with Crippen molar-refractivity contribution in [3.8, 4) is 0 Å². The average Bonchev–Trinajstić information content (AvgIpc) is 3.26. The van der Waals surface area contributed by atoms with E-state index in [2.05, 4.69) is 42.8 Å². The van der Waals surface area contributed by atoms with E-state index in [1.807, 2.05) is 0 Å². The molecule has 2 heterocycles. The quantitative estimate of drug-likeness (QED) is 0.421. The van der Waals surface area contributed by atoms with Gasteiger partial charge in [-0.1, -0.05) is 6.08 Å². The minimum atomic E-state index is -4.01. The first kappa shape index (κ1) is 25.0. The molecule has 2 atom stereocenters. The number of sulfonamides is 1. The molecule has 2 unspecified atom stereocenters. The van der Waals surface area contributed by atoms with E-state index in [1.165, 1.54) is 18.3 Å². The molecule has 2 aromatic heterocycles. The Kier molecular flexibility index (Phi) is 6.97. The highest BCUT2D eigenvalue weighted by atomic mass is 32.2. The zero-order valence-corrected chi connectivity index (χ0v) is 21.9. The molecule has 182 valence electrons. The normalized spacial score (nSPS) is 18.0. The number of fused-ring (bicyclic) bond motifs is 1. The molecule has 1 aromatic carbocycles. The third-order valence-electron chi connectivity index (χ3n) is 5.77. The fraction of sp³-hybridized carbons (Fsp3) is 0.375. The summed E-state index contributed by atoms with van der Waals surface area (Å²) in [5, 5.41) is 0.602. The zero-order chi connectivity index (χ0) is 24.7. The standard InChI is InChI=1S/C24H27FN2O4S3/c1-24(2,3)33(4)31-17-7-5-15(6-8-17)21-9-10-22(32-21)34(29,30)27-20-14-18-16(13-19(20)25)11-12-26-23(18)28/h5,9-14,17,27H,6-8H2,1-4H3/p+1. The largest absolute Gasteiger partial charge is 0.329 e. The molecule has 0 saturated carbocycles. The van der Waals surface area contributed by atoms with Gasteiger partial charge in [-0.05, 0) is 81.3 Å². The smallest absolute Gasteiger partial charge is 0.271 e. The topological polar surface area (TPSA) is 88.3 Å².